The fourth-order valence-electron chi connectivity index (χ4n) is 2.71. The van der Waals surface area contributed by atoms with Crippen LogP contribution in [0.1, 0.15) is 16.9 Å². The van der Waals surface area contributed by atoms with Gasteiger partial charge >= 0.3 is 0 Å². The van der Waals surface area contributed by atoms with Crippen molar-refractivity contribution in [3.8, 4) is 0 Å². The number of nitrogens with zero attached hydrogens (tertiary/aromatic N) is 2. The summed E-state index contributed by atoms with van der Waals surface area (Å²) < 4.78 is 14.7. The Morgan fingerprint density at radius 3 is 3.09 bits per heavy atom. The molecule has 1 aromatic carbocycles. The summed E-state index contributed by atoms with van der Waals surface area (Å²) in [7, 11) is 0. The number of thiazole rings is 1. The van der Waals surface area contributed by atoms with Gasteiger partial charge in [-0.05, 0) is 30.7 Å². The number of nitrogens with one attached hydrogen (secondary N) is 1. The molecule has 1 N–H and O–H groups in total. The normalized spacial score (nSPS) is 17.5. The van der Waals surface area contributed by atoms with Crippen molar-refractivity contribution in [2.24, 2.45) is 5.92 Å². The number of benzene rings is 1. The second-order valence-electron chi connectivity index (χ2n) is 5.46. The number of carbonyl (C=O) groups is 1. The predicted octanol–water partition coefficient (Wildman–Crippen LogP) is 3.26. The van der Waals surface area contributed by atoms with Crippen LogP contribution < -0.4 is 10.2 Å². The quantitative estimate of drug-likeness (QED) is 0.840. The first-order chi connectivity index (χ1) is 11.2. The molecule has 2 heterocycles. The molecule has 3 rings (SSSR count). The van der Waals surface area contributed by atoms with Gasteiger partial charge in [-0.1, -0.05) is 23.9 Å². The van der Waals surface area contributed by atoms with Crippen LogP contribution in [0.25, 0.3) is 0 Å². The highest BCUT2D eigenvalue weighted by molar-refractivity contribution is 8.00. The second kappa shape index (κ2) is 7.31. The largest absolute Gasteiger partial charge is 0.369 e. The Hall–Kier alpha value is -1.60. The highest BCUT2D eigenvalue weighted by Crippen LogP contribution is 2.26. The number of hydrogen-bond donors (Lipinski definition) is 1. The number of rotatable bonds is 5. The fourth-order valence-corrected chi connectivity index (χ4v) is 3.95. The number of aromatic nitrogens is 1. The Morgan fingerprint density at radius 1 is 1.52 bits per heavy atom. The van der Waals surface area contributed by atoms with Crippen molar-refractivity contribution in [1.29, 1.82) is 0 Å². The zero-order chi connectivity index (χ0) is 16.2. The van der Waals surface area contributed by atoms with E-state index in [1.807, 2.05) is 17.2 Å². The zero-order valence-corrected chi connectivity index (χ0v) is 14.4. The van der Waals surface area contributed by atoms with E-state index in [-0.39, 0.29) is 11.7 Å². The lowest BCUT2D eigenvalue weighted by Crippen LogP contribution is -2.31. The van der Waals surface area contributed by atoms with Crippen molar-refractivity contribution in [3.05, 3.63) is 41.2 Å². The molecule has 23 heavy (non-hydrogen) atoms. The van der Waals surface area contributed by atoms with Crippen LogP contribution in [0.4, 0.5) is 10.1 Å². The van der Waals surface area contributed by atoms with E-state index >= 15 is 0 Å². The summed E-state index contributed by atoms with van der Waals surface area (Å²) >= 11 is 3.01. The maximum Gasteiger partial charge on any atom is 0.270 e. The molecule has 1 aromatic heterocycles. The number of hydrogen-bond acceptors (Lipinski definition) is 5. The minimum atomic E-state index is -0.191. The Kier molecular flexibility index (Phi) is 5.17. The average Bonchev–Trinajstić information content (AvgIpc) is 3.22. The molecule has 1 fully saturated rings. The lowest BCUT2D eigenvalue weighted by Gasteiger charge is -2.19. The van der Waals surface area contributed by atoms with Gasteiger partial charge in [0.2, 0.25) is 0 Å². The second-order valence-corrected chi connectivity index (χ2v) is 7.38. The van der Waals surface area contributed by atoms with Crippen molar-refractivity contribution in [1.82, 2.24) is 10.3 Å². The number of halogens is 1. The molecule has 7 heteroatoms. The summed E-state index contributed by atoms with van der Waals surface area (Å²) in [5, 5.41) is 4.72. The molecule has 2 aromatic rings. The van der Waals surface area contributed by atoms with Gasteiger partial charge in [0.25, 0.3) is 5.91 Å². The van der Waals surface area contributed by atoms with Crippen LogP contribution in [0, 0.1) is 11.7 Å². The van der Waals surface area contributed by atoms with E-state index in [4.69, 9.17) is 0 Å². The van der Waals surface area contributed by atoms with Crippen molar-refractivity contribution >= 4 is 34.7 Å². The van der Waals surface area contributed by atoms with Gasteiger partial charge < -0.3 is 10.2 Å². The van der Waals surface area contributed by atoms with Crippen LogP contribution in [0.2, 0.25) is 0 Å². The number of amides is 1. The van der Waals surface area contributed by atoms with E-state index in [1.54, 1.807) is 17.5 Å². The average molecular weight is 351 g/mol. The first-order valence-corrected chi connectivity index (χ1v) is 9.55. The van der Waals surface area contributed by atoms with Crippen molar-refractivity contribution in [3.63, 3.8) is 0 Å². The standard InChI is InChI=1S/C16H18FN3OS2/c1-22-16-19-13(10-23-16)15(21)18-8-11-6-7-20(9-11)14-5-3-2-4-12(14)17/h2-5,10-11H,6-9H2,1H3,(H,18,21)/t11-/m0/s1. The third-order valence-corrected chi connectivity index (χ3v) is 5.78. The minimum absolute atomic E-state index is 0.133. The molecular weight excluding hydrogens is 333 g/mol. The van der Waals surface area contributed by atoms with Crippen LogP contribution in [0.3, 0.4) is 0 Å². The summed E-state index contributed by atoms with van der Waals surface area (Å²) in [6, 6.07) is 6.83. The van der Waals surface area contributed by atoms with Crippen LogP contribution in [-0.4, -0.2) is 36.8 Å². The third kappa shape index (κ3) is 3.84. The van der Waals surface area contributed by atoms with Crippen LogP contribution in [-0.2, 0) is 0 Å². The maximum absolute atomic E-state index is 13.8. The van der Waals surface area contributed by atoms with Crippen LogP contribution >= 0.6 is 23.1 Å². The molecule has 1 amide bonds. The first kappa shape index (κ1) is 16.3. The molecule has 1 saturated heterocycles. The van der Waals surface area contributed by atoms with Crippen molar-refractivity contribution < 1.29 is 9.18 Å². The molecule has 1 aliphatic rings. The molecule has 0 bridgehead atoms. The highest BCUT2D eigenvalue weighted by atomic mass is 32.2. The van der Waals surface area contributed by atoms with E-state index in [0.717, 1.165) is 23.8 Å². The van der Waals surface area contributed by atoms with E-state index in [0.29, 0.717) is 23.8 Å². The Bertz CT molecular complexity index is 691. The van der Waals surface area contributed by atoms with Gasteiger partial charge in [0.15, 0.2) is 0 Å². The summed E-state index contributed by atoms with van der Waals surface area (Å²) in [6.45, 7) is 2.17. The predicted molar refractivity (Wildman–Crippen MR) is 92.9 cm³/mol. The summed E-state index contributed by atoms with van der Waals surface area (Å²) in [6.07, 6.45) is 2.89. The van der Waals surface area contributed by atoms with Crippen LogP contribution in [0.15, 0.2) is 34.0 Å². The van der Waals surface area contributed by atoms with Crippen molar-refractivity contribution in [2.45, 2.75) is 10.8 Å². The van der Waals surface area contributed by atoms with Gasteiger partial charge in [0, 0.05) is 25.0 Å². The van der Waals surface area contributed by atoms with Gasteiger partial charge in [0.1, 0.15) is 15.9 Å². The number of anilines is 1. The molecule has 122 valence electrons. The van der Waals surface area contributed by atoms with Gasteiger partial charge in [-0.2, -0.15) is 0 Å². The molecule has 0 unspecified atom stereocenters. The maximum atomic E-state index is 13.8. The molecule has 0 saturated carbocycles. The zero-order valence-electron chi connectivity index (χ0n) is 12.8. The van der Waals surface area contributed by atoms with E-state index in [1.165, 1.54) is 29.2 Å². The van der Waals surface area contributed by atoms with Gasteiger partial charge in [-0.3, -0.25) is 4.79 Å². The molecule has 1 aliphatic heterocycles. The molecule has 1 atom stereocenters. The number of thioether (sulfide) groups is 1. The molecule has 0 spiro atoms. The smallest absolute Gasteiger partial charge is 0.270 e. The third-order valence-electron chi connectivity index (χ3n) is 3.92. The SMILES string of the molecule is CSc1nc(C(=O)NC[C@@H]2CCN(c3ccccc3F)C2)cs1. The Balaban J connectivity index is 1.52. The topological polar surface area (TPSA) is 45.2 Å². The molecular formula is C16H18FN3OS2. The first-order valence-electron chi connectivity index (χ1n) is 7.44. The summed E-state index contributed by atoms with van der Waals surface area (Å²) in [4.78, 5) is 18.4. The molecule has 0 radical (unpaired) electrons. The van der Waals surface area contributed by atoms with E-state index in [2.05, 4.69) is 10.3 Å². The summed E-state index contributed by atoms with van der Waals surface area (Å²) in [5.74, 6) is 0.00681. The van der Waals surface area contributed by atoms with E-state index in [9.17, 15) is 9.18 Å². The van der Waals surface area contributed by atoms with Gasteiger partial charge in [-0.15, -0.1) is 11.3 Å². The number of para-hydroxylation sites is 1. The fraction of sp³-hybridized carbons (Fsp3) is 0.375. The monoisotopic (exact) mass is 351 g/mol. The Labute approximate surface area is 143 Å². The van der Waals surface area contributed by atoms with Crippen LogP contribution in [0.5, 0.6) is 0 Å². The lowest BCUT2D eigenvalue weighted by molar-refractivity contribution is 0.0943. The minimum Gasteiger partial charge on any atom is -0.369 e. The van der Waals surface area contributed by atoms with Crippen molar-refractivity contribution in [2.75, 3.05) is 30.8 Å². The molecule has 4 nitrogen and oxygen atoms in total. The Morgan fingerprint density at radius 2 is 2.35 bits per heavy atom. The van der Waals surface area contributed by atoms with Gasteiger partial charge in [0.05, 0.1) is 5.69 Å². The molecule has 0 aliphatic carbocycles. The van der Waals surface area contributed by atoms with E-state index < -0.39 is 0 Å². The highest BCUT2D eigenvalue weighted by Gasteiger charge is 2.25. The lowest BCUT2D eigenvalue weighted by atomic mass is 10.1. The summed E-state index contributed by atoms with van der Waals surface area (Å²) in [5.41, 5.74) is 1.12. The van der Waals surface area contributed by atoms with Gasteiger partial charge in [-0.25, -0.2) is 9.37 Å². The number of carbonyl (C=O) groups excluding carboxylic acids is 1.